The van der Waals surface area contributed by atoms with Crippen molar-refractivity contribution in [3.8, 4) is 0 Å². The number of fused-ring (bicyclic) bond motifs is 1. The molecule has 0 saturated heterocycles. The molecule has 1 amide bonds. The van der Waals surface area contributed by atoms with E-state index in [1.165, 1.54) is 0 Å². The van der Waals surface area contributed by atoms with Crippen molar-refractivity contribution >= 4 is 17.0 Å². The van der Waals surface area contributed by atoms with Crippen LogP contribution in [0, 0.1) is 12.8 Å². The zero-order valence-corrected chi connectivity index (χ0v) is 12.4. The smallest absolute Gasteiger partial charge is 0.220 e. The van der Waals surface area contributed by atoms with Crippen LogP contribution >= 0.6 is 0 Å². The lowest BCUT2D eigenvalue weighted by Crippen LogP contribution is -2.25. The van der Waals surface area contributed by atoms with Crippen LogP contribution in [0.1, 0.15) is 38.1 Å². The van der Waals surface area contributed by atoms with Gasteiger partial charge in [-0.3, -0.25) is 4.79 Å². The van der Waals surface area contributed by atoms with Crippen molar-refractivity contribution in [2.24, 2.45) is 5.92 Å². The summed E-state index contributed by atoms with van der Waals surface area (Å²) in [5.74, 6) is 1.40. The number of rotatable bonds is 6. The molecule has 4 nitrogen and oxygen atoms in total. The quantitative estimate of drug-likeness (QED) is 0.879. The molecule has 0 fully saturated rings. The van der Waals surface area contributed by atoms with Crippen LogP contribution in [0.4, 0.5) is 0 Å². The first-order valence-electron chi connectivity index (χ1n) is 7.17. The summed E-state index contributed by atoms with van der Waals surface area (Å²) in [6.45, 7) is 6.91. The van der Waals surface area contributed by atoms with E-state index in [-0.39, 0.29) is 5.91 Å². The second-order valence-electron chi connectivity index (χ2n) is 5.57. The summed E-state index contributed by atoms with van der Waals surface area (Å²) < 4.78 is 5.43. The van der Waals surface area contributed by atoms with Crippen LogP contribution in [-0.4, -0.2) is 17.4 Å². The fourth-order valence-corrected chi connectivity index (χ4v) is 2.09. The molecule has 0 aliphatic carbocycles. The molecule has 0 radical (unpaired) electrons. The maximum Gasteiger partial charge on any atom is 0.220 e. The van der Waals surface area contributed by atoms with E-state index in [2.05, 4.69) is 24.1 Å². The number of aryl methyl sites for hydroxylation is 2. The molecule has 1 heterocycles. The van der Waals surface area contributed by atoms with E-state index in [1.54, 1.807) is 0 Å². The summed E-state index contributed by atoms with van der Waals surface area (Å²) in [5.41, 5.74) is 2.78. The Labute approximate surface area is 119 Å². The van der Waals surface area contributed by atoms with Gasteiger partial charge in [0, 0.05) is 19.9 Å². The van der Waals surface area contributed by atoms with E-state index >= 15 is 0 Å². The Morgan fingerprint density at radius 2 is 2.20 bits per heavy atom. The maximum absolute atomic E-state index is 11.7. The van der Waals surface area contributed by atoms with Crippen molar-refractivity contribution in [3.05, 3.63) is 29.7 Å². The van der Waals surface area contributed by atoms with Gasteiger partial charge in [0.05, 0.1) is 0 Å². The number of nitrogens with one attached hydrogen (secondary N) is 1. The predicted molar refractivity (Wildman–Crippen MR) is 79.5 cm³/mol. The molecule has 0 spiro atoms. The number of benzene rings is 1. The molecule has 2 rings (SSSR count). The van der Waals surface area contributed by atoms with Gasteiger partial charge in [0.25, 0.3) is 0 Å². The zero-order chi connectivity index (χ0) is 14.5. The Kier molecular flexibility index (Phi) is 4.77. The van der Waals surface area contributed by atoms with Crippen LogP contribution in [0.15, 0.2) is 22.6 Å². The topological polar surface area (TPSA) is 55.1 Å². The highest BCUT2D eigenvalue weighted by Gasteiger charge is 2.06. The third kappa shape index (κ3) is 4.08. The van der Waals surface area contributed by atoms with Gasteiger partial charge in [-0.25, -0.2) is 4.98 Å². The Bertz CT molecular complexity index is 587. The number of carbonyl (C=O) groups excluding carboxylic acids is 1. The molecule has 4 heteroatoms. The van der Waals surface area contributed by atoms with E-state index in [4.69, 9.17) is 4.42 Å². The fourth-order valence-electron chi connectivity index (χ4n) is 2.09. The lowest BCUT2D eigenvalue weighted by atomic mass is 10.1. The second kappa shape index (κ2) is 6.55. The maximum atomic E-state index is 11.7. The average Bonchev–Trinajstić information content (AvgIpc) is 2.75. The minimum absolute atomic E-state index is 0.113. The molecule has 20 heavy (non-hydrogen) atoms. The third-order valence-corrected chi connectivity index (χ3v) is 3.24. The van der Waals surface area contributed by atoms with Gasteiger partial charge in [-0.05, 0) is 36.5 Å². The van der Waals surface area contributed by atoms with Gasteiger partial charge in [-0.1, -0.05) is 19.9 Å². The molecule has 0 saturated carbocycles. The first kappa shape index (κ1) is 14.6. The molecule has 0 aliphatic heterocycles. The van der Waals surface area contributed by atoms with Crippen molar-refractivity contribution in [1.82, 2.24) is 10.3 Å². The van der Waals surface area contributed by atoms with Crippen molar-refractivity contribution < 1.29 is 9.21 Å². The number of amides is 1. The normalized spacial score (nSPS) is 11.2. The fraction of sp³-hybridized carbons (Fsp3) is 0.500. The van der Waals surface area contributed by atoms with Gasteiger partial charge in [-0.15, -0.1) is 0 Å². The standard InChI is InChI=1S/C16H22N2O2/c1-11(2)8-9-17-16(19)7-5-13-4-6-15-14(10-13)18-12(3)20-15/h4,6,10-11H,5,7-9H2,1-3H3,(H,17,19). The van der Waals surface area contributed by atoms with Crippen LogP contribution in [-0.2, 0) is 11.2 Å². The van der Waals surface area contributed by atoms with E-state index in [1.807, 2.05) is 25.1 Å². The minimum atomic E-state index is 0.113. The summed E-state index contributed by atoms with van der Waals surface area (Å²) in [6.07, 6.45) is 2.27. The highest BCUT2D eigenvalue weighted by atomic mass is 16.3. The molecule has 2 aromatic rings. The summed E-state index contributed by atoms with van der Waals surface area (Å²) in [7, 11) is 0. The van der Waals surface area contributed by atoms with Gasteiger partial charge < -0.3 is 9.73 Å². The van der Waals surface area contributed by atoms with Crippen molar-refractivity contribution in [3.63, 3.8) is 0 Å². The minimum Gasteiger partial charge on any atom is -0.441 e. The summed E-state index contributed by atoms with van der Waals surface area (Å²) in [6, 6.07) is 5.91. The first-order chi connectivity index (χ1) is 9.54. The van der Waals surface area contributed by atoms with Crippen LogP contribution in [0.2, 0.25) is 0 Å². The highest BCUT2D eigenvalue weighted by molar-refractivity contribution is 5.77. The average molecular weight is 274 g/mol. The Morgan fingerprint density at radius 1 is 1.40 bits per heavy atom. The van der Waals surface area contributed by atoms with Crippen LogP contribution in [0.3, 0.4) is 0 Å². The first-order valence-corrected chi connectivity index (χ1v) is 7.17. The number of aromatic nitrogens is 1. The molecule has 1 N–H and O–H groups in total. The Hall–Kier alpha value is -1.84. The van der Waals surface area contributed by atoms with Crippen LogP contribution in [0.5, 0.6) is 0 Å². The third-order valence-electron chi connectivity index (χ3n) is 3.24. The Balaban J connectivity index is 1.84. The lowest BCUT2D eigenvalue weighted by molar-refractivity contribution is -0.121. The number of hydrogen-bond donors (Lipinski definition) is 1. The number of nitrogens with zero attached hydrogens (tertiary/aromatic N) is 1. The van der Waals surface area contributed by atoms with E-state index in [0.29, 0.717) is 18.2 Å². The van der Waals surface area contributed by atoms with Crippen molar-refractivity contribution in [2.45, 2.75) is 40.0 Å². The largest absolute Gasteiger partial charge is 0.441 e. The van der Waals surface area contributed by atoms with Crippen molar-refractivity contribution in [2.75, 3.05) is 6.54 Å². The lowest BCUT2D eigenvalue weighted by Gasteiger charge is -2.07. The number of carbonyl (C=O) groups is 1. The van der Waals surface area contributed by atoms with Gasteiger partial charge in [-0.2, -0.15) is 0 Å². The number of oxazole rings is 1. The van der Waals surface area contributed by atoms with Gasteiger partial charge in [0.1, 0.15) is 5.52 Å². The van der Waals surface area contributed by atoms with Crippen LogP contribution in [0.25, 0.3) is 11.1 Å². The molecule has 1 aromatic carbocycles. The summed E-state index contributed by atoms with van der Waals surface area (Å²) in [4.78, 5) is 16.0. The van der Waals surface area contributed by atoms with Gasteiger partial charge >= 0.3 is 0 Å². The van der Waals surface area contributed by atoms with Crippen LogP contribution < -0.4 is 5.32 Å². The second-order valence-corrected chi connectivity index (χ2v) is 5.57. The molecular weight excluding hydrogens is 252 g/mol. The summed E-state index contributed by atoms with van der Waals surface area (Å²) >= 11 is 0. The number of hydrogen-bond acceptors (Lipinski definition) is 3. The summed E-state index contributed by atoms with van der Waals surface area (Å²) in [5, 5.41) is 2.95. The van der Waals surface area contributed by atoms with E-state index in [9.17, 15) is 4.79 Å². The molecule has 0 aliphatic rings. The molecule has 1 aromatic heterocycles. The SMILES string of the molecule is Cc1nc2cc(CCC(=O)NCCC(C)C)ccc2o1. The molecule has 108 valence electrons. The molecular formula is C16H22N2O2. The van der Waals surface area contributed by atoms with E-state index < -0.39 is 0 Å². The van der Waals surface area contributed by atoms with Gasteiger partial charge in [0.15, 0.2) is 11.5 Å². The Morgan fingerprint density at radius 3 is 2.95 bits per heavy atom. The highest BCUT2D eigenvalue weighted by Crippen LogP contribution is 2.17. The molecule has 0 unspecified atom stereocenters. The van der Waals surface area contributed by atoms with E-state index in [0.717, 1.165) is 36.0 Å². The van der Waals surface area contributed by atoms with Gasteiger partial charge in [0.2, 0.25) is 5.91 Å². The predicted octanol–water partition coefficient (Wildman–Crippen LogP) is 3.23. The zero-order valence-electron chi connectivity index (χ0n) is 12.4. The van der Waals surface area contributed by atoms with Crippen molar-refractivity contribution in [1.29, 1.82) is 0 Å². The molecule has 0 atom stereocenters. The molecule has 0 bridgehead atoms. The monoisotopic (exact) mass is 274 g/mol.